The van der Waals surface area contributed by atoms with Gasteiger partial charge in [0.25, 0.3) is 5.91 Å². The largest absolute Gasteiger partial charge is 0.455 e. The molecule has 0 atom stereocenters. The number of fused-ring (bicyclic) bond motifs is 1. The van der Waals surface area contributed by atoms with Crippen molar-refractivity contribution in [2.45, 2.75) is 12.7 Å². The quantitative estimate of drug-likeness (QED) is 0.424. The van der Waals surface area contributed by atoms with Gasteiger partial charge in [0.2, 0.25) is 0 Å². The Balaban J connectivity index is 1.60. The maximum Gasteiger partial charge on any atom is 0.417 e. The molecule has 0 aliphatic heterocycles. The number of aromatic nitrogens is 3. The summed E-state index contributed by atoms with van der Waals surface area (Å²) in [7, 11) is 3.77. The molecule has 11 heteroatoms. The van der Waals surface area contributed by atoms with Gasteiger partial charge in [0.1, 0.15) is 11.6 Å². The number of hydrogen-bond donors (Lipinski definition) is 2. The summed E-state index contributed by atoms with van der Waals surface area (Å²) in [5.74, 6) is 0.555. The second-order valence-electron chi connectivity index (χ2n) is 7.33. The van der Waals surface area contributed by atoms with E-state index in [0.29, 0.717) is 28.6 Å². The maximum absolute atomic E-state index is 12.9. The highest BCUT2D eigenvalue weighted by Crippen LogP contribution is 2.33. The number of benzene rings is 1. The van der Waals surface area contributed by atoms with Crippen LogP contribution in [0.3, 0.4) is 0 Å². The molecular weight excluding hydrogens is 447 g/mol. The SMILES string of the molecule is CN(C)Cc1ccc(C(=O)Nc2ccc(Cl)c(-c3nc4ncc(C(F)(F)F)cc4[nH]3)c2)o1. The van der Waals surface area contributed by atoms with E-state index in [1.54, 1.807) is 30.3 Å². The number of rotatable bonds is 5. The van der Waals surface area contributed by atoms with Gasteiger partial charge in [0.05, 0.1) is 22.6 Å². The molecule has 0 bridgehead atoms. The maximum atomic E-state index is 12.9. The van der Waals surface area contributed by atoms with E-state index in [1.807, 2.05) is 19.0 Å². The second kappa shape index (κ2) is 8.29. The van der Waals surface area contributed by atoms with Gasteiger partial charge in [-0.05, 0) is 50.5 Å². The Morgan fingerprint density at radius 2 is 2.00 bits per heavy atom. The minimum atomic E-state index is -4.52. The van der Waals surface area contributed by atoms with Crippen molar-refractivity contribution in [1.29, 1.82) is 0 Å². The zero-order chi connectivity index (χ0) is 23.0. The first kappa shape index (κ1) is 21.8. The van der Waals surface area contributed by atoms with Crippen LogP contribution < -0.4 is 5.32 Å². The molecule has 4 rings (SSSR count). The lowest BCUT2D eigenvalue weighted by atomic mass is 10.2. The van der Waals surface area contributed by atoms with Gasteiger partial charge < -0.3 is 19.6 Å². The number of pyridine rings is 1. The van der Waals surface area contributed by atoms with Crippen molar-refractivity contribution in [3.63, 3.8) is 0 Å². The summed E-state index contributed by atoms with van der Waals surface area (Å²) in [6.07, 6.45) is -3.80. The number of H-pyrrole nitrogens is 1. The predicted molar refractivity (Wildman–Crippen MR) is 113 cm³/mol. The first-order valence-corrected chi connectivity index (χ1v) is 9.75. The number of carbonyl (C=O) groups is 1. The van der Waals surface area contributed by atoms with Crippen LogP contribution in [0.1, 0.15) is 21.9 Å². The molecule has 0 fully saturated rings. The number of imidazole rings is 1. The molecule has 0 radical (unpaired) electrons. The monoisotopic (exact) mass is 463 g/mol. The van der Waals surface area contributed by atoms with Gasteiger partial charge in [-0.15, -0.1) is 0 Å². The van der Waals surface area contributed by atoms with E-state index in [-0.39, 0.29) is 22.7 Å². The summed E-state index contributed by atoms with van der Waals surface area (Å²) in [6.45, 7) is 0.550. The third-order valence-electron chi connectivity index (χ3n) is 4.50. The standard InChI is InChI=1S/C21H17ClF3N5O2/c1-30(2)10-13-4-6-17(32-13)20(31)27-12-3-5-15(22)14(8-12)18-28-16-7-11(21(23,24)25)9-26-19(16)29-18/h3-9H,10H2,1-2H3,(H,27,31)(H,26,28,29). The van der Waals surface area contributed by atoms with Crippen molar-refractivity contribution in [2.24, 2.45) is 0 Å². The number of furan rings is 1. The number of nitrogens with one attached hydrogen (secondary N) is 2. The molecule has 2 N–H and O–H groups in total. The average molecular weight is 464 g/mol. The minimum Gasteiger partial charge on any atom is -0.455 e. The van der Waals surface area contributed by atoms with Crippen molar-refractivity contribution in [1.82, 2.24) is 19.9 Å². The minimum absolute atomic E-state index is 0.113. The van der Waals surface area contributed by atoms with Crippen LogP contribution >= 0.6 is 11.6 Å². The van der Waals surface area contributed by atoms with Gasteiger partial charge in [0.15, 0.2) is 11.4 Å². The lowest BCUT2D eigenvalue weighted by Crippen LogP contribution is -2.12. The molecule has 0 saturated carbocycles. The van der Waals surface area contributed by atoms with Crippen molar-refractivity contribution in [2.75, 3.05) is 19.4 Å². The number of anilines is 1. The van der Waals surface area contributed by atoms with E-state index in [2.05, 4.69) is 20.3 Å². The third-order valence-corrected chi connectivity index (χ3v) is 4.83. The first-order valence-electron chi connectivity index (χ1n) is 9.38. The fourth-order valence-corrected chi connectivity index (χ4v) is 3.26. The third kappa shape index (κ3) is 4.61. The van der Waals surface area contributed by atoms with E-state index in [9.17, 15) is 18.0 Å². The van der Waals surface area contributed by atoms with Gasteiger partial charge in [-0.3, -0.25) is 4.79 Å². The smallest absolute Gasteiger partial charge is 0.417 e. The molecule has 1 amide bonds. The molecule has 1 aromatic carbocycles. The van der Waals surface area contributed by atoms with Crippen LogP contribution in [0.2, 0.25) is 5.02 Å². The molecule has 3 aromatic heterocycles. The first-order chi connectivity index (χ1) is 15.1. The Morgan fingerprint density at radius 3 is 2.72 bits per heavy atom. The zero-order valence-electron chi connectivity index (χ0n) is 16.9. The van der Waals surface area contributed by atoms with E-state index in [1.165, 1.54) is 0 Å². The van der Waals surface area contributed by atoms with Crippen molar-refractivity contribution >= 4 is 34.4 Å². The molecule has 0 aliphatic rings. The summed E-state index contributed by atoms with van der Waals surface area (Å²) in [5.41, 5.74) is 0.138. The van der Waals surface area contributed by atoms with Crippen LogP contribution in [0.25, 0.3) is 22.6 Å². The number of halogens is 4. The van der Waals surface area contributed by atoms with E-state index < -0.39 is 17.6 Å². The second-order valence-corrected chi connectivity index (χ2v) is 7.74. The summed E-state index contributed by atoms with van der Waals surface area (Å²) in [5, 5.41) is 3.01. The lowest BCUT2D eigenvalue weighted by Gasteiger charge is -2.08. The number of alkyl halides is 3. The van der Waals surface area contributed by atoms with Gasteiger partial charge in [-0.25, -0.2) is 9.97 Å². The summed E-state index contributed by atoms with van der Waals surface area (Å²) in [6, 6.07) is 8.93. The molecule has 166 valence electrons. The Morgan fingerprint density at radius 1 is 1.22 bits per heavy atom. The Kier molecular flexibility index (Phi) is 5.66. The van der Waals surface area contributed by atoms with Crippen LogP contribution in [0.5, 0.6) is 0 Å². The summed E-state index contributed by atoms with van der Waals surface area (Å²) in [4.78, 5) is 25.2. The zero-order valence-corrected chi connectivity index (χ0v) is 17.7. The van der Waals surface area contributed by atoms with Gasteiger partial charge in [-0.1, -0.05) is 11.6 Å². The predicted octanol–water partition coefficient (Wildman–Crippen LogP) is 5.20. The van der Waals surface area contributed by atoms with Crippen LogP contribution in [-0.4, -0.2) is 39.9 Å². The lowest BCUT2D eigenvalue weighted by molar-refractivity contribution is -0.137. The van der Waals surface area contributed by atoms with E-state index in [0.717, 1.165) is 12.3 Å². The van der Waals surface area contributed by atoms with Crippen molar-refractivity contribution in [3.8, 4) is 11.4 Å². The Labute approximate surface area is 185 Å². The van der Waals surface area contributed by atoms with Crippen LogP contribution in [0.4, 0.5) is 18.9 Å². The summed E-state index contributed by atoms with van der Waals surface area (Å²) >= 11 is 6.27. The molecule has 0 unspecified atom stereocenters. The van der Waals surface area contributed by atoms with Crippen molar-refractivity contribution in [3.05, 3.63) is 64.7 Å². The fraction of sp³-hybridized carbons (Fsp3) is 0.190. The molecule has 4 aromatic rings. The van der Waals surface area contributed by atoms with Crippen LogP contribution in [0, 0.1) is 0 Å². The highest BCUT2D eigenvalue weighted by atomic mass is 35.5. The topological polar surface area (TPSA) is 87.0 Å². The number of amides is 1. The normalized spacial score (nSPS) is 12.0. The van der Waals surface area contributed by atoms with Crippen molar-refractivity contribution < 1.29 is 22.4 Å². The van der Waals surface area contributed by atoms with Gasteiger partial charge in [0, 0.05) is 17.4 Å². The number of hydrogen-bond acceptors (Lipinski definition) is 5. The van der Waals surface area contributed by atoms with Crippen LogP contribution in [0.15, 0.2) is 47.0 Å². The number of nitrogens with zero attached hydrogens (tertiary/aromatic N) is 3. The van der Waals surface area contributed by atoms with Crippen LogP contribution in [-0.2, 0) is 12.7 Å². The highest BCUT2D eigenvalue weighted by Gasteiger charge is 2.31. The van der Waals surface area contributed by atoms with Gasteiger partial charge in [-0.2, -0.15) is 13.2 Å². The fourth-order valence-electron chi connectivity index (χ4n) is 3.06. The Bertz CT molecular complexity index is 1300. The molecule has 0 spiro atoms. The molecule has 3 heterocycles. The van der Waals surface area contributed by atoms with Gasteiger partial charge >= 0.3 is 6.18 Å². The van der Waals surface area contributed by atoms with E-state index >= 15 is 0 Å². The average Bonchev–Trinajstić information content (AvgIpc) is 3.34. The molecule has 0 saturated heterocycles. The highest BCUT2D eigenvalue weighted by molar-refractivity contribution is 6.33. The molecule has 0 aliphatic carbocycles. The molecule has 7 nitrogen and oxygen atoms in total. The molecule has 32 heavy (non-hydrogen) atoms. The Hall–Kier alpha value is -3.37. The number of aromatic amines is 1. The molecular formula is C21H17ClF3N5O2. The summed E-state index contributed by atoms with van der Waals surface area (Å²) < 4.78 is 44.4. The van der Waals surface area contributed by atoms with E-state index in [4.69, 9.17) is 16.0 Å². The number of carbonyl (C=O) groups excluding carboxylic acids is 1.